The van der Waals surface area contributed by atoms with Crippen molar-refractivity contribution in [3.63, 3.8) is 0 Å². The monoisotopic (exact) mass is 162 g/mol. The van der Waals surface area contributed by atoms with E-state index in [2.05, 4.69) is 0 Å². The zero-order chi connectivity index (χ0) is 8.59. The van der Waals surface area contributed by atoms with E-state index in [-0.39, 0.29) is 0 Å². The van der Waals surface area contributed by atoms with Gasteiger partial charge in [0.25, 0.3) is 0 Å². The number of phenols is 3. The second-order valence-corrected chi connectivity index (χ2v) is 1.89. The zero-order valence-electron chi connectivity index (χ0n) is 5.17. The van der Waals surface area contributed by atoms with Crippen LogP contribution in [0, 0.1) is 11.6 Å². The number of halogens is 2. The van der Waals surface area contributed by atoms with E-state index in [4.69, 9.17) is 15.3 Å². The quantitative estimate of drug-likeness (QED) is 0.500. The van der Waals surface area contributed by atoms with Crippen molar-refractivity contribution in [3.05, 3.63) is 17.7 Å². The maximum atomic E-state index is 12.3. The fourth-order valence-electron chi connectivity index (χ4n) is 0.590. The fourth-order valence-corrected chi connectivity index (χ4v) is 0.590. The van der Waals surface area contributed by atoms with Gasteiger partial charge in [0.1, 0.15) is 0 Å². The summed E-state index contributed by atoms with van der Waals surface area (Å²) in [6.45, 7) is 0. The van der Waals surface area contributed by atoms with Crippen molar-refractivity contribution in [1.82, 2.24) is 0 Å². The molecule has 1 aromatic carbocycles. The maximum absolute atomic E-state index is 12.3. The Morgan fingerprint density at radius 3 is 2.09 bits per heavy atom. The van der Waals surface area contributed by atoms with Crippen LogP contribution >= 0.6 is 0 Å². The average molecular weight is 162 g/mol. The van der Waals surface area contributed by atoms with Crippen molar-refractivity contribution >= 4 is 0 Å². The highest BCUT2D eigenvalue weighted by Gasteiger charge is 2.16. The second-order valence-electron chi connectivity index (χ2n) is 1.89. The lowest BCUT2D eigenvalue weighted by Crippen LogP contribution is -1.84. The number of hydrogen-bond donors (Lipinski definition) is 3. The predicted octanol–water partition coefficient (Wildman–Crippen LogP) is 1.08. The first-order valence-electron chi connectivity index (χ1n) is 2.63. The Morgan fingerprint density at radius 2 is 1.55 bits per heavy atom. The summed E-state index contributed by atoms with van der Waals surface area (Å²) in [5.41, 5.74) is 0. The Bertz CT molecular complexity index is 272. The summed E-state index contributed by atoms with van der Waals surface area (Å²) in [5.74, 6) is -6.26. The van der Waals surface area contributed by atoms with Crippen LogP contribution in [0.5, 0.6) is 17.2 Å². The van der Waals surface area contributed by atoms with Gasteiger partial charge < -0.3 is 15.3 Å². The maximum Gasteiger partial charge on any atom is 0.204 e. The standard InChI is InChI=1S/C6H4F2O3/c7-2-1-3(9)5(10)6(11)4(2)8/h1,9-11H. The third-order valence-electron chi connectivity index (χ3n) is 1.15. The first kappa shape index (κ1) is 7.59. The molecule has 0 atom stereocenters. The van der Waals surface area contributed by atoms with Crippen molar-refractivity contribution in [2.75, 3.05) is 0 Å². The summed E-state index contributed by atoms with van der Waals surface area (Å²) < 4.78 is 24.5. The van der Waals surface area contributed by atoms with E-state index in [0.29, 0.717) is 6.07 Å². The van der Waals surface area contributed by atoms with Gasteiger partial charge in [0, 0.05) is 6.07 Å². The van der Waals surface area contributed by atoms with E-state index in [9.17, 15) is 8.78 Å². The van der Waals surface area contributed by atoms with Crippen LogP contribution in [0.1, 0.15) is 0 Å². The Kier molecular flexibility index (Phi) is 1.56. The van der Waals surface area contributed by atoms with Gasteiger partial charge >= 0.3 is 0 Å². The van der Waals surface area contributed by atoms with Crippen molar-refractivity contribution in [2.45, 2.75) is 0 Å². The number of rotatable bonds is 0. The Hall–Kier alpha value is -1.52. The average Bonchev–Trinajstić information content (AvgIpc) is 1.97. The molecular formula is C6H4F2O3. The van der Waals surface area contributed by atoms with Crippen molar-refractivity contribution in [2.24, 2.45) is 0 Å². The Balaban J connectivity index is 3.46. The smallest absolute Gasteiger partial charge is 0.204 e. The minimum Gasteiger partial charge on any atom is -0.504 e. The van der Waals surface area contributed by atoms with Crippen LogP contribution in [0.3, 0.4) is 0 Å². The predicted molar refractivity (Wildman–Crippen MR) is 31.4 cm³/mol. The van der Waals surface area contributed by atoms with Gasteiger partial charge in [-0.25, -0.2) is 4.39 Å². The molecule has 0 saturated heterocycles. The van der Waals surface area contributed by atoms with Gasteiger partial charge in [-0.05, 0) is 0 Å². The number of aromatic hydroxyl groups is 3. The zero-order valence-corrected chi connectivity index (χ0v) is 5.17. The SMILES string of the molecule is Oc1cc(F)c(F)c(O)c1O. The third kappa shape index (κ3) is 1.04. The molecule has 3 nitrogen and oxygen atoms in total. The summed E-state index contributed by atoms with van der Waals surface area (Å²) in [7, 11) is 0. The molecule has 0 unspecified atom stereocenters. The molecular weight excluding hydrogens is 158 g/mol. The molecule has 1 rings (SSSR count). The van der Waals surface area contributed by atoms with Gasteiger partial charge in [0.05, 0.1) is 0 Å². The summed E-state index contributed by atoms with van der Waals surface area (Å²) in [5, 5.41) is 25.7. The molecule has 0 amide bonds. The van der Waals surface area contributed by atoms with Crippen molar-refractivity contribution in [1.29, 1.82) is 0 Å². The molecule has 0 heterocycles. The summed E-state index contributed by atoms with van der Waals surface area (Å²) in [4.78, 5) is 0. The second kappa shape index (κ2) is 2.26. The number of hydrogen-bond acceptors (Lipinski definition) is 3. The minimum absolute atomic E-state index is 0.365. The molecule has 0 saturated carbocycles. The molecule has 0 spiro atoms. The Morgan fingerprint density at radius 1 is 1.00 bits per heavy atom. The van der Waals surface area contributed by atoms with E-state index >= 15 is 0 Å². The van der Waals surface area contributed by atoms with E-state index in [1.807, 2.05) is 0 Å². The van der Waals surface area contributed by atoms with Crippen LogP contribution in [0.25, 0.3) is 0 Å². The lowest BCUT2D eigenvalue weighted by atomic mass is 10.3. The van der Waals surface area contributed by atoms with Crippen LogP contribution in [0.15, 0.2) is 6.07 Å². The molecule has 0 aliphatic rings. The molecule has 0 bridgehead atoms. The molecule has 11 heavy (non-hydrogen) atoms. The van der Waals surface area contributed by atoms with Gasteiger partial charge in [-0.3, -0.25) is 0 Å². The first-order chi connectivity index (χ1) is 5.04. The van der Waals surface area contributed by atoms with Gasteiger partial charge in [-0.1, -0.05) is 0 Å². The van der Waals surface area contributed by atoms with Crippen LogP contribution < -0.4 is 0 Å². The molecule has 3 N–H and O–H groups in total. The van der Waals surface area contributed by atoms with Crippen LogP contribution in [0.2, 0.25) is 0 Å². The van der Waals surface area contributed by atoms with E-state index < -0.39 is 28.9 Å². The van der Waals surface area contributed by atoms with Crippen LogP contribution in [-0.4, -0.2) is 15.3 Å². The van der Waals surface area contributed by atoms with Crippen molar-refractivity contribution < 1.29 is 24.1 Å². The highest BCUT2D eigenvalue weighted by atomic mass is 19.2. The largest absolute Gasteiger partial charge is 0.504 e. The van der Waals surface area contributed by atoms with Crippen molar-refractivity contribution in [3.8, 4) is 17.2 Å². The van der Waals surface area contributed by atoms with Crippen LogP contribution in [-0.2, 0) is 0 Å². The van der Waals surface area contributed by atoms with Crippen LogP contribution in [0.4, 0.5) is 8.78 Å². The summed E-state index contributed by atoms with van der Waals surface area (Å²) in [6, 6.07) is 0.365. The normalized spacial score (nSPS) is 10.0. The molecule has 0 aliphatic heterocycles. The highest BCUT2D eigenvalue weighted by Crippen LogP contribution is 2.37. The van der Waals surface area contributed by atoms with E-state index in [1.165, 1.54) is 0 Å². The highest BCUT2D eigenvalue weighted by molar-refractivity contribution is 5.49. The third-order valence-corrected chi connectivity index (χ3v) is 1.15. The van der Waals surface area contributed by atoms with Gasteiger partial charge in [-0.15, -0.1) is 0 Å². The molecule has 0 aliphatic carbocycles. The molecule has 0 aromatic heterocycles. The lowest BCUT2D eigenvalue weighted by molar-refractivity contribution is 0.338. The topological polar surface area (TPSA) is 60.7 Å². The molecule has 1 aromatic rings. The van der Waals surface area contributed by atoms with Gasteiger partial charge in [0.2, 0.25) is 17.3 Å². The van der Waals surface area contributed by atoms with E-state index in [0.717, 1.165) is 0 Å². The molecule has 0 radical (unpaired) electrons. The molecule has 5 heteroatoms. The number of benzene rings is 1. The van der Waals surface area contributed by atoms with Gasteiger partial charge in [0.15, 0.2) is 11.6 Å². The Labute approximate surface area is 60.1 Å². The van der Waals surface area contributed by atoms with E-state index in [1.54, 1.807) is 0 Å². The molecule has 0 fully saturated rings. The fraction of sp³-hybridized carbons (Fsp3) is 0. The summed E-state index contributed by atoms with van der Waals surface area (Å²) in [6.07, 6.45) is 0. The first-order valence-corrected chi connectivity index (χ1v) is 2.63. The molecule has 60 valence electrons. The summed E-state index contributed by atoms with van der Waals surface area (Å²) >= 11 is 0. The van der Waals surface area contributed by atoms with Gasteiger partial charge in [-0.2, -0.15) is 4.39 Å². The minimum atomic E-state index is -1.58. The lowest BCUT2D eigenvalue weighted by Gasteiger charge is -2.01. The number of phenolic OH excluding ortho intramolecular Hbond substituents is 3.